The number of rotatable bonds is 7. The summed E-state index contributed by atoms with van der Waals surface area (Å²) in [6, 6.07) is 5.34. The number of pyridine rings is 2. The van der Waals surface area contributed by atoms with E-state index in [0.717, 1.165) is 5.56 Å². The Morgan fingerprint density at radius 1 is 1.27 bits per heavy atom. The van der Waals surface area contributed by atoms with Crippen molar-refractivity contribution >= 4 is 29.1 Å². The Labute approximate surface area is 138 Å². The topological polar surface area (TPSA) is 64.1 Å². The molecule has 0 radical (unpaired) electrons. The Balaban J connectivity index is 1.65. The predicted octanol–water partition coefficient (Wildman–Crippen LogP) is 2.91. The second-order valence-corrected chi connectivity index (χ2v) is 5.34. The van der Waals surface area contributed by atoms with Crippen LogP contribution in [0, 0.1) is 0 Å². The molecule has 0 spiro atoms. The van der Waals surface area contributed by atoms with Crippen molar-refractivity contribution in [3.8, 4) is 5.88 Å². The van der Waals surface area contributed by atoms with Crippen LogP contribution in [0.1, 0.15) is 12.0 Å². The molecule has 0 atom stereocenters. The number of ether oxygens (including phenoxy) is 1. The molecule has 1 N–H and O–H groups in total. The Bertz CT molecular complexity index is 623. The molecular weight excluding hydrogens is 325 g/mol. The molecule has 2 heterocycles. The lowest BCUT2D eigenvalue weighted by molar-refractivity contribution is -0.121. The van der Waals surface area contributed by atoms with Gasteiger partial charge in [0.2, 0.25) is 11.8 Å². The largest absolute Gasteiger partial charge is 0.475 e. The quantitative estimate of drug-likeness (QED) is 0.787. The number of nitrogens with zero attached hydrogens (tertiary/aromatic N) is 2. The summed E-state index contributed by atoms with van der Waals surface area (Å²) in [5.74, 6) is 0.271. The van der Waals surface area contributed by atoms with Crippen molar-refractivity contribution in [3.63, 3.8) is 0 Å². The summed E-state index contributed by atoms with van der Waals surface area (Å²) in [7, 11) is 0. The van der Waals surface area contributed by atoms with Gasteiger partial charge in [0.1, 0.15) is 11.6 Å². The van der Waals surface area contributed by atoms with Crippen molar-refractivity contribution in [2.24, 2.45) is 0 Å². The Kier molecular flexibility index (Phi) is 6.43. The predicted molar refractivity (Wildman–Crippen MR) is 85.3 cm³/mol. The fourth-order valence-corrected chi connectivity index (χ4v) is 2.18. The van der Waals surface area contributed by atoms with Gasteiger partial charge in [0, 0.05) is 25.0 Å². The molecule has 0 unspecified atom stereocenters. The van der Waals surface area contributed by atoms with Gasteiger partial charge >= 0.3 is 0 Å². The lowest BCUT2D eigenvalue weighted by Gasteiger charge is -2.08. The first-order valence-electron chi connectivity index (χ1n) is 6.74. The average molecular weight is 340 g/mol. The van der Waals surface area contributed by atoms with Crippen LogP contribution in [-0.2, 0) is 11.2 Å². The fourth-order valence-electron chi connectivity index (χ4n) is 1.74. The Morgan fingerprint density at radius 3 is 2.77 bits per heavy atom. The number of halogens is 2. The minimum atomic E-state index is -0.0319. The third-order valence-electron chi connectivity index (χ3n) is 2.83. The fraction of sp³-hybridized carbons (Fsp3) is 0.267. The molecule has 2 rings (SSSR count). The summed E-state index contributed by atoms with van der Waals surface area (Å²) in [6.07, 6.45) is 5.98. The van der Waals surface area contributed by atoms with E-state index < -0.39 is 0 Å². The summed E-state index contributed by atoms with van der Waals surface area (Å²) in [4.78, 5) is 19.6. The molecule has 7 heteroatoms. The van der Waals surface area contributed by atoms with Crippen LogP contribution < -0.4 is 10.1 Å². The van der Waals surface area contributed by atoms with E-state index in [4.69, 9.17) is 27.9 Å². The maximum atomic E-state index is 11.7. The van der Waals surface area contributed by atoms with Crippen LogP contribution >= 0.6 is 23.2 Å². The van der Waals surface area contributed by atoms with Gasteiger partial charge in [-0.05, 0) is 30.2 Å². The highest BCUT2D eigenvalue weighted by molar-refractivity contribution is 6.35. The lowest BCUT2D eigenvalue weighted by Crippen LogP contribution is -2.28. The molecule has 0 bridgehead atoms. The molecule has 5 nitrogen and oxygen atoms in total. The molecule has 0 fully saturated rings. The number of carbonyl (C=O) groups excluding carboxylic acids is 1. The number of hydrogen-bond acceptors (Lipinski definition) is 4. The van der Waals surface area contributed by atoms with Gasteiger partial charge in [0.05, 0.1) is 11.6 Å². The van der Waals surface area contributed by atoms with Crippen LogP contribution in [0.4, 0.5) is 0 Å². The van der Waals surface area contributed by atoms with E-state index in [1.165, 1.54) is 6.20 Å². The number of hydrogen-bond donors (Lipinski definition) is 1. The average Bonchev–Trinajstić information content (AvgIpc) is 2.52. The molecule has 0 saturated carbocycles. The van der Waals surface area contributed by atoms with Crippen molar-refractivity contribution in [2.45, 2.75) is 12.8 Å². The highest BCUT2D eigenvalue weighted by Gasteiger charge is 2.05. The third-order valence-corrected chi connectivity index (χ3v) is 3.30. The number of carbonyl (C=O) groups is 1. The molecule has 0 aliphatic rings. The van der Waals surface area contributed by atoms with Crippen molar-refractivity contribution in [1.29, 1.82) is 0 Å². The zero-order chi connectivity index (χ0) is 15.8. The second-order valence-electron chi connectivity index (χ2n) is 4.49. The molecular formula is C15H15Cl2N3O2. The molecule has 22 heavy (non-hydrogen) atoms. The summed E-state index contributed by atoms with van der Waals surface area (Å²) in [5, 5.41) is 3.57. The van der Waals surface area contributed by atoms with E-state index >= 15 is 0 Å². The summed E-state index contributed by atoms with van der Waals surface area (Å²) < 4.78 is 5.38. The molecule has 2 aromatic rings. The zero-order valence-corrected chi connectivity index (χ0v) is 13.3. The SMILES string of the molecule is O=C(CCc1ccncc1)NCCOc1ncc(Cl)cc1Cl. The lowest BCUT2D eigenvalue weighted by atomic mass is 10.1. The van der Waals surface area contributed by atoms with E-state index in [2.05, 4.69) is 15.3 Å². The molecule has 0 aliphatic heterocycles. The summed E-state index contributed by atoms with van der Waals surface area (Å²) in [5.41, 5.74) is 1.08. The van der Waals surface area contributed by atoms with Crippen LogP contribution in [0.25, 0.3) is 0 Å². The standard InChI is InChI=1S/C15H15Cl2N3O2/c16-12-9-13(17)15(20-10-12)22-8-7-19-14(21)2-1-11-3-5-18-6-4-11/h3-6,9-10H,1-2,7-8H2,(H,19,21). The maximum Gasteiger partial charge on any atom is 0.232 e. The van der Waals surface area contributed by atoms with Crippen molar-refractivity contribution in [2.75, 3.05) is 13.2 Å². The number of aromatic nitrogens is 2. The van der Waals surface area contributed by atoms with Crippen molar-refractivity contribution < 1.29 is 9.53 Å². The molecule has 0 aliphatic carbocycles. The smallest absolute Gasteiger partial charge is 0.232 e. The van der Waals surface area contributed by atoms with Gasteiger partial charge in [-0.25, -0.2) is 4.98 Å². The number of aryl methyl sites for hydroxylation is 1. The number of nitrogens with one attached hydrogen (secondary N) is 1. The van der Waals surface area contributed by atoms with Gasteiger partial charge in [-0.15, -0.1) is 0 Å². The van der Waals surface area contributed by atoms with Crippen molar-refractivity contribution in [1.82, 2.24) is 15.3 Å². The van der Waals surface area contributed by atoms with Gasteiger partial charge in [0.15, 0.2) is 0 Å². The van der Waals surface area contributed by atoms with Crippen LogP contribution in [0.15, 0.2) is 36.8 Å². The second kappa shape index (κ2) is 8.56. The highest BCUT2D eigenvalue weighted by Crippen LogP contribution is 2.24. The van der Waals surface area contributed by atoms with E-state index in [0.29, 0.717) is 35.3 Å². The number of amides is 1. The van der Waals surface area contributed by atoms with E-state index in [1.807, 2.05) is 12.1 Å². The normalized spacial score (nSPS) is 10.3. The molecule has 116 valence electrons. The van der Waals surface area contributed by atoms with E-state index in [9.17, 15) is 4.79 Å². The molecule has 1 amide bonds. The van der Waals surface area contributed by atoms with Crippen LogP contribution in [0.5, 0.6) is 5.88 Å². The maximum absolute atomic E-state index is 11.7. The Hall–Kier alpha value is -1.85. The van der Waals surface area contributed by atoms with E-state index in [-0.39, 0.29) is 12.5 Å². The van der Waals surface area contributed by atoms with Gasteiger partial charge in [-0.3, -0.25) is 9.78 Å². The molecule has 2 aromatic heterocycles. The first-order chi connectivity index (χ1) is 10.6. The first kappa shape index (κ1) is 16.5. The molecule has 0 saturated heterocycles. The first-order valence-corrected chi connectivity index (χ1v) is 7.50. The monoisotopic (exact) mass is 339 g/mol. The van der Waals surface area contributed by atoms with Crippen LogP contribution in [-0.4, -0.2) is 29.0 Å². The van der Waals surface area contributed by atoms with Crippen LogP contribution in [0.3, 0.4) is 0 Å². The minimum absolute atomic E-state index is 0.0319. The van der Waals surface area contributed by atoms with Crippen molar-refractivity contribution in [3.05, 3.63) is 52.4 Å². The Morgan fingerprint density at radius 2 is 2.05 bits per heavy atom. The molecule has 0 aromatic carbocycles. The van der Waals surface area contributed by atoms with Gasteiger partial charge < -0.3 is 10.1 Å². The minimum Gasteiger partial charge on any atom is -0.475 e. The summed E-state index contributed by atoms with van der Waals surface area (Å²) in [6.45, 7) is 0.672. The third kappa shape index (κ3) is 5.50. The zero-order valence-electron chi connectivity index (χ0n) is 11.8. The summed E-state index contributed by atoms with van der Waals surface area (Å²) >= 11 is 11.7. The van der Waals surface area contributed by atoms with Gasteiger partial charge in [0.25, 0.3) is 0 Å². The van der Waals surface area contributed by atoms with E-state index in [1.54, 1.807) is 18.5 Å². The highest BCUT2D eigenvalue weighted by atomic mass is 35.5. The van der Waals surface area contributed by atoms with Crippen LogP contribution in [0.2, 0.25) is 10.0 Å². The van der Waals surface area contributed by atoms with Gasteiger partial charge in [-0.1, -0.05) is 23.2 Å². The van der Waals surface area contributed by atoms with Gasteiger partial charge in [-0.2, -0.15) is 0 Å².